The van der Waals surface area contributed by atoms with Gasteiger partial charge >= 0.3 is 12.1 Å². The topological polar surface area (TPSA) is 189 Å². The Bertz CT molecular complexity index is 1150. The van der Waals surface area contributed by atoms with Crippen molar-refractivity contribution in [2.24, 2.45) is 39.7 Å². The van der Waals surface area contributed by atoms with Gasteiger partial charge in [0.15, 0.2) is 0 Å². The summed E-state index contributed by atoms with van der Waals surface area (Å²) in [6.07, 6.45) is 2.57. The number of rotatable bonds is 11. The summed E-state index contributed by atoms with van der Waals surface area (Å²) in [5.74, 6) is -2.69. The van der Waals surface area contributed by atoms with Crippen molar-refractivity contribution >= 4 is 35.6 Å². The normalized spacial score (nSPS) is 24.5. The van der Waals surface area contributed by atoms with E-state index in [1.807, 2.05) is 55.4 Å². The molecule has 44 heavy (non-hydrogen) atoms. The van der Waals surface area contributed by atoms with Crippen LogP contribution in [-0.4, -0.2) is 84.9 Å². The van der Waals surface area contributed by atoms with Gasteiger partial charge in [-0.3, -0.25) is 19.2 Å². The van der Waals surface area contributed by atoms with Crippen LogP contribution >= 0.6 is 0 Å². The Hall–Kier alpha value is -3.38. The lowest BCUT2D eigenvalue weighted by atomic mass is 9.80. The first-order chi connectivity index (χ1) is 20.2. The third-order valence-electron chi connectivity index (χ3n) is 9.75. The molecule has 0 aromatic heterocycles. The van der Waals surface area contributed by atoms with Crippen LogP contribution in [0.15, 0.2) is 0 Å². The lowest BCUT2D eigenvalue weighted by Crippen LogP contribution is -2.62. The van der Waals surface area contributed by atoms with Crippen molar-refractivity contribution in [1.82, 2.24) is 26.2 Å². The molecule has 3 aliphatic rings. The molecule has 1 saturated heterocycles. The maximum atomic E-state index is 14.2. The second kappa shape index (κ2) is 12.9. The summed E-state index contributed by atoms with van der Waals surface area (Å²) in [6, 6.07) is -4.10. The number of hydrogen-bond donors (Lipinski definition) is 5. The van der Waals surface area contributed by atoms with Crippen LogP contribution in [0.25, 0.3) is 0 Å². The van der Waals surface area contributed by atoms with Crippen molar-refractivity contribution < 1.29 is 33.5 Å². The first-order valence-corrected chi connectivity index (χ1v) is 15.6. The van der Waals surface area contributed by atoms with Crippen molar-refractivity contribution in [3.63, 3.8) is 0 Å². The van der Waals surface area contributed by atoms with Gasteiger partial charge < -0.3 is 36.6 Å². The van der Waals surface area contributed by atoms with Crippen molar-refractivity contribution in [2.45, 2.75) is 105 Å². The number of primary amides is 1. The van der Waals surface area contributed by atoms with Crippen molar-refractivity contribution in [3.05, 3.63) is 0 Å². The molecule has 1 aliphatic heterocycles. The Balaban J connectivity index is 1.81. The first kappa shape index (κ1) is 35.1. The average Bonchev–Trinajstić information content (AvgIpc) is 3.21. The van der Waals surface area contributed by atoms with E-state index >= 15 is 0 Å². The van der Waals surface area contributed by atoms with Crippen LogP contribution in [0.4, 0.5) is 9.59 Å². The first-order valence-electron chi connectivity index (χ1n) is 15.6. The van der Waals surface area contributed by atoms with E-state index in [1.54, 1.807) is 0 Å². The molecule has 0 aromatic rings. The predicted molar refractivity (Wildman–Crippen MR) is 163 cm³/mol. The molecule has 3 fully saturated rings. The van der Waals surface area contributed by atoms with Crippen LogP contribution in [0.2, 0.25) is 0 Å². The lowest BCUT2D eigenvalue weighted by Gasteiger charge is -2.38. The summed E-state index contributed by atoms with van der Waals surface area (Å²) < 4.78 is 5.19. The number of fused-ring (bicyclic) bond motifs is 1. The minimum absolute atomic E-state index is 0.0701. The van der Waals surface area contributed by atoms with Gasteiger partial charge in [-0.1, -0.05) is 74.7 Å². The van der Waals surface area contributed by atoms with Crippen LogP contribution in [-0.2, 0) is 23.9 Å². The van der Waals surface area contributed by atoms with Gasteiger partial charge in [0.05, 0.1) is 12.1 Å². The van der Waals surface area contributed by atoms with Crippen molar-refractivity contribution in [1.29, 1.82) is 0 Å². The molecule has 0 aromatic carbocycles. The minimum atomic E-state index is -1.10. The number of amides is 6. The monoisotopic (exact) mass is 620 g/mol. The highest BCUT2D eigenvalue weighted by molar-refractivity contribution is 6.37. The number of ether oxygens (including phenoxy) is 1. The highest BCUT2D eigenvalue weighted by Crippen LogP contribution is 2.65. The quantitative estimate of drug-likeness (QED) is 0.217. The van der Waals surface area contributed by atoms with Crippen LogP contribution in [0.3, 0.4) is 0 Å². The van der Waals surface area contributed by atoms with Gasteiger partial charge in [-0.05, 0) is 40.4 Å². The molecule has 2 aliphatic carbocycles. The number of alkyl carbamates (subject to hydrolysis) is 1. The van der Waals surface area contributed by atoms with Crippen molar-refractivity contribution in [3.8, 4) is 0 Å². The number of nitrogens with one attached hydrogen (secondary N) is 4. The van der Waals surface area contributed by atoms with Gasteiger partial charge in [0.2, 0.25) is 17.6 Å². The van der Waals surface area contributed by atoms with E-state index in [0.29, 0.717) is 13.0 Å². The molecule has 3 unspecified atom stereocenters. The van der Waals surface area contributed by atoms with Crippen LogP contribution < -0.4 is 27.0 Å². The fourth-order valence-electron chi connectivity index (χ4n) is 6.42. The number of carbonyl (C=O) groups excluding carboxylic acids is 6. The maximum Gasteiger partial charge on any atom is 0.406 e. The molecule has 1 heterocycles. The number of nitrogens with two attached hydrogens (primary N) is 1. The molecule has 6 atom stereocenters. The summed E-state index contributed by atoms with van der Waals surface area (Å²) in [7, 11) is 1.44. The summed E-state index contributed by atoms with van der Waals surface area (Å²) in [5, 5.41) is 10.8. The molecule has 0 radical (unpaired) electrons. The van der Waals surface area contributed by atoms with Gasteiger partial charge in [0.1, 0.15) is 18.7 Å². The lowest BCUT2D eigenvalue weighted by molar-refractivity contribution is -0.145. The van der Waals surface area contributed by atoms with Gasteiger partial charge in [0.25, 0.3) is 5.91 Å². The number of Topliss-reactive ketones (excluding diaryl/α,β-unsaturated/α-hetero) is 1. The summed E-state index contributed by atoms with van der Waals surface area (Å²) in [4.78, 5) is 79.0. The number of piperidine rings is 1. The molecular weight excluding hydrogens is 568 g/mol. The third-order valence-corrected chi connectivity index (χ3v) is 9.75. The summed E-state index contributed by atoms with van der Waals surface area (Å²) in [6.45, 7) is 15.5. The largest absolute Gasteiger partial charge is 0.447 e. The number of ketones is 1. The minimum Gasteiger partial charge on any atom is -0.447 e. The number of nitrogens with zero attached hydrogens (tertiary/aromatic N) is 1. The standard InChI is InChI=1S/C31H52N6O7/c1-29(2,3)19(15-44-28(43)33-9)35-27(42)36-23(30(4,5)6)26(41)37-14-17-20(31(17,7)8)21(37)25(40)34-18(22(38)24(32)39)13-16-11-10-12-16/h16-21,23H,10-15H2,1-9H3,(H2,32,39)(H,33,43)(H,34,40)(H2,35,36,42)/t17?,18?,19-,20?,21-,23+/m0/s1. The van der Waals surface area contributed by atoms with Gasteiger partial charge in [-0.15, -0.1) is 0 Å². The highest BCUT2D eigenvalue weighted by atomic mass is 16.5. The van der Waals surface area contributed by atoms with Crippen LogP contribution in [0.1, 0.15) is 81.1 Å². The van der Waals surface area contributed by atoms with E-state index in [1.165, 1.54) is 11.9 Å². The Labute approximate surface area is 260 Å². The molecule has 0 spiro atoms. The smallest absolute Gasteiger partial charge is 0.406 e. The Kier molecular flexibility index (Phi) is 10.3. The van der Waals surface area contributed by atoms with Crippen LogP contribution in [0.5, 0.6) is 0 Å². The molecule has 6 N–H and O–H groups in total. The molecular formula is C31H52N6O7. The number of likely N-dealkylation sites (tertiary alicyclic amines) is 1. The molecule has 13 heteroatoms. The Morgan fingerprint density at radius 1 is 0.955 bits per heavy atom. The predicted octanol–water partition coefficient (Wildman–Crippen LogP) is 1.68. The third kappa shape index (κ3) is 7.82. The molecule has 2 saturated carbocycles. The fourth-order valence-corrected chi connectivity index (χ4v) is 6.42. The van der Waals surface area contributed by atoms with E-state index in [2.05, 4.69) is 21.3 Å². The SMILES string of the molecule is CNC(=O)OC[C@H](NC(=O)N[C@H](C(=O)N1CC2C([C@H]1C(=O)NC(CC1CCC1)C(=O)C(N)=O)C2(C)C)C(C)(C)C)C(C)(C)C. The van der Waals surface area contributed by atoms with Crippen LogP contribution in [0, 0.1) is 34.0 Å². The van der Waals surface area contributed by atoms with Gasteiger partial charge in [0, 0.05) is 13.6 Å². The zero-order valence-electron chi connectivity index (χ0n) is 27.7. The summed E-state index contributed by atoms with van der Waals surface area (Å²) >= 11 is 0. The molecule has 13 nitrogen and oxygen atoms in total. The van der Waals surface area contributed by atoms with Gasteiger partial charge in [-0.25, -0.2) is 9.59 Å². The van der Waals surface area contributed by atoms with E-state index in [0.717, 1.165) is 19.3 Å². The zero-order chi connectivity index (χ0) is 33.4. The molecule has 6 amide bonds. The van der Waals surface area contributed by atoms with E-state index < -0.39 is 70.6 Å². The molecule has 3 rings (SSSR count). The van der Waals surface area contributed by atoms with E-state index in [9.17, 15) is 28.8 Å². The number of carbonyl (C=O) groups is 6. The van der Waals surface area contributed by atoms with Crippen molar-refractivity contribution in [2.75, 3.05) is 20.2 Å². The maximum absolute atomic E-state index is 14.2. The Morgan fingerprint density at radius 3 is 2.05 bits per heavy atom. The number of urea groups is 1. The molecule has 248 valence electrons. The van der Waals surface area contributed by atoms with E-state index in [4.69, 9.17) is 10.5 Å². The van der Waals surface area contributed by atoms with Gasteiger partial charge in [-0.2, -0.15) is 0 Å². The summed E-state index contributed by atoms with van der Waals surface area (Å²) in [5.41, 5.74) is 3.91. The van der Waals surface area contributed by atoms with E-state index in [-0.39, 0.29) is 29.8 Å². The number of hydrogen-bond acceptors (Lipinski definition) is 7. The Morgan fingerprint density at radius 2 is 1.57 bits per heavy atom. The highest BCUT2D eigenvalue weighted by Gasteiger charge is 2.70. The second-order valence-corrected chi connectivity index (χ2v) is 15.4. The zero-order valence-corrected chi connectivity index (χ0v) is 27.7. The fraction of sp³-hybridized carbons (Fsp3) is 0.806. The average molecular weight is 621 g/mol. The second-order valence-electron chi connectivity index (χ2n) is 15.4. The molecule has 0 bridgehead atoms.